The fourth-order valence-electron chi connectivity index (χ4n) is 3.10. The molecule has 1 aromatic carbocycles. The van der Waals surface area contributed by atoms with Crippen molar-refractivity contribution < 1.29 is 8.81 Å². The number of piperidine rings is 1. The van der Waals surface area contributed by atoms with Gasteiger partial charge in [-0.05, 0) is 62.3 Å². The zero-order valence-corrected chi connectivity index (χ0v) is 13.2. The lowest BCUT2D eigenvalue weighted by Crippen LogP contribution is -2.26. The molecule has 0 aliphatic carbocycles. The van der Waals surface area contributed by atoms with Crippen molar-refractivity contribution in [1.82, 2.24) is 15.3 Å². The monoisotopic (exact) mass is 323 g/mol. The van der Waals surface area contributed by atoms with Crippen molar-refractivity contribution in [3.05, 3.63) is 60.2 Å². The Morgan fingerprint density at radius 2 is 1.83 bits per heavy atom. The molecule has 3 heterocycles. The van der Waals surface area contributed by atoms with Gasteiger partial charge in [-0.1, -0.05) is 6.07 Å². The quantitative estimate of drug-likeness (QED) is 0.791. The van der Waals surface area contributed by atoms with Crippen molar-refractivity contribution >= 4 is 0 Å². The van der Waals surface area contributed by atoms with E-state index in [0.717, 1.165) is 48.6 Å². The van der Waals surface area contributed by atoms with Crippen LogP contribution in [-0.2, 0) is 0 Å². The van der Waals surface area contributed by atoms with E-state index in [1.54, 1.807) is 18.3 Å². The fraction of sp³-hybridized carbons (Fsp3) is 0.263. The lowest BCUT2D eigenvalue weighted by Gasteiger charge is -2.21. The molecular formula is C19H18FN3O. The number of oxazole rings is 1. The molecule has 1 aliphatic heterocycles. The highest BCUT2D eigenvalue weighted by molar-refractivity contribution is 5.63. The molecule has 0 amide bonds. The van der Waals surface area contributed by atoms with Crippen LogP contribution in [0.2, 0.25) is 0 Å². The van der Waals surface area contributed by atoms with E-state index >= 15 is 0 Å². The zero-order valence-electron chi connectivity index (χ0n) is 13.2. The molecule has 0 unspecified atom stereocenters. The first-order chi connectivity index (χ1) is 11.8. The molecule has 1 N–H and O–H groups in total. The summed E-state index contributed by atoms with van der Waals surface area (Å²) in [6.07, 6.45) is 3.78. The maximum absolute atomic E-state index is 13.2. The van der Waals surface area contributed by atoms with Crippen LogP contribution in [0.5, 0.6) is 0 Å². The van der Waals surface area contributed by atoms with Gasteiger partial charge < -0.3 is 9.73 Å². The Labute approximate surface area is 139 Å². The van der Waals surface area contributed by atoms with Crippen LogP contribution in [0.1, 0.15) is 24.5 Å². The summed E-state index contributed by atoms with van der Waals surface area (Å²) >= 11 is 0. The molecule has 2 aromatic heterocycles. The van der Waals surface area contributed by atoms with E-state index in [4.69, 9.17) is 4.42 Å². The molecule has 24 heavy (non-hydrogen) atoms. The average molecular weight is 323 g/mol. The lowest BCUT2D eigenvalue weighted by molar-refractivity contribution is 0.391. The van der Waals surface area contributed by atoms with E-state index < -0.39 is 0 Å². The number of halogens is 1. The van der Waals surface area contributed by atoms with Gasteiger partial charge >= 0.3 is 0 Å². The summed E-state index contributed by atoms with van der Waals surface area (Å²) in [5.41, 5.74) is 2.37. The van der Waals surface area contributed by atoms with Crippen molar-refractivity contribution in [3.8, 4) is 22.8 Å². The molecule has 0 atom stereocenters. The van der Waals surface area contributed by atoms with E-state index in [1.165, 1.54) is 12.1 Å². The van der Waals surface area contributed by atoms with Crippen LogP contribution in [0, 0.1) is 5.82 Å². The van der Waals surface area contributed by atoms with E-state index in [9.17, 15) is 4.39 Å². The maximum Gasteiger partial charge on any atom is 0.226 e. The van der Waals surface area contributed by atoms with E-state index in [0.29, 0.717) is 11.8 Å². The van der Waals surface area contributed by atoms with Crippen molar-refractivity contribution in [2.24, 2.45) is 0 Å². The molecule has 1 saturated heterocycles. The fourth-order valence-corrected chi connectivity index (χ4v) is 3.10. The van der Waals surface area contributed by atoms with Gasteiger partial charge in [-0.25, -0.2) is 9.37 Å². The molecule has 3 aromatic rings. The highest BCUT2D eigenvalue weighted by Crippen LogP contribution is 2.36. The zero-order chi connectivity index (χ0) is 16.4. The predicted octanol–water partition coefficient (Wildman–Crippen LogP) is 4.01. The summed E-state index contributed by atoms with van der Waals surface area (Å²) < 4.78 is 19.3. The predicted molar refractivity (Wildman–Crippen MR) is 90.0 cm³/mol. The van der Waals surface area contributed by atoms with Crippen molar-refractivity contribution in [1.29, 1.82) is 0 Å². The Hall–Kier alpha value is -2.53. The Bertz CT molecular complexity index is 808. The standard InChI is InChI=1S/C19H18FN3O/c20-15-6-4-14(5-7-15)19-23-17(16-3-1-2-10-22-16)18(24-19)13-8-11-21-12-9-13/h1-7,10,13,21H,8-9,11-12H2. The molecule has 0 bridgehead atoms. The highest BCUT2D eigenvalue weighted by atomic mass is 19.1. The number of nitrogens with zero attached hydrogens (tertiary/aromatic N) is 2. The Morgan fingerprint density at radius 1 is 1.04 bits per heavy atom. The molecular weight excluding hydrogens is 305 g/mol. The van der Waals surface area contributed by atoms with Crippen molar-refractivity contribution in [2.45, 2.75) is 18.8 Å². The summed E-state index contributed by atoms with van der Waals surface area (Å²) in [5, 5.41) is 3.37. The van der Waals surface area contributed by atoms with Crippen LogP contribution in [0.4, 0.5) is 4.39 Å². The van der Waals surface area contributed by atoms with E-state index in [2.05, 4.69) is 15.3 Å². The number of pyridine rings is 1. The minimum atomic E-state index is -0.270. The molecule has 0 saturated carbocycles. The summed E-state index contributed by atoms with van der Waals surface area (Å²) in [4.78, 5) is 9.11. The number of nitrogens with one attached hydrogen (secondary N) is 1. The summed E-state index contributed by atoms with van der Waals surface area (Å²) in [7, 11) is 0. The second-order valence-electron chi connectivity index (χ2n) is 5.98. The third kappa shape index (κ3) is 2.95. The van der Waals surface area contributed by atoms with Gasteiger partial charge in [0.05, 0.1) is 5.69 Å². The van der Waals surface area contributed by atoms with Gasteiger partial charge in [-0.15, -0.1) is 0 Å². The van der Waals surface area contributed by atoms with Gasteiger partial charge in [0.25, 0.3) is 0 Å². The maximum atomic E-state index is 13.2. The van der Waals surface area contributed by atoms with E-state index in [-0.39, 0.29) is 5.82 Å². The minimum absolute atomic E-state index is 0.270. The van der Waals surface area contributed by atoms with Crippen LogP contribution in [0.15, 0.2) is 53.1 Å². The average Bonchev–Trinajstić information content (AvgIpc) is 3.09. The Morgan fingerprint density at radius 3 is 2.54 bits per heavy atom. The summed E-state index contributed by atoms with van der Waals surface area (Å²) in [6.45, 7) is 1.94. The van der Waals surface area contributed by atoms with Crippen molar-refractivity contribution in [3.63, 3.8) is 0 Å². The van der Waals surface area contributed by atoms with Crippen LogP contribution >= 0.6 is 0 Å². The molecule has 1 aliphatic rings. The summed E-state index contributed by atoms with van der Waals surface area (Å²) in [6, 6.07) is 12.0. The van der Waals surface area contributed by atoms with Gasteiger partial charge in [0.15, 0.2) is 0 Å². The van der Waals surface area contributed by atoms with E-state index in [1.807, 2.05) is 18.2 Å². The normalized spacial score (nSPS) is 15.5. The molecule has 4 rings (SSSR count). The molecule has 4 nitrogen and oxygen atoms in total. The second-order valence-corrected chi connectivity index (χ2v) is 5.98. The van der Waals surface area contributed by atoms with Gasteiger partial charge in [0, 0.05) is 17.7 Å². The number of rotatable bonds is 3. The number of benzene rings is 1. The topological polar surface area (TPSA) is 51.0 Å². The number of hydrogen-bond donors (Lipinski definition) is 1. The summed E-state index contributed by atoms with van der Waals surface area (Å²) in [5.74, 6) is 1.46. The third-order valence-corrected chi connectivity index (χ3v) is 4.36. The second kappa shape index (κ2) is 6.53. The first-order valence-electron chi connectivity index (χ1n) is 8.20. The number of aromatic nitrogens is 2. The molecule has 122 valence electrons. The molecule has 0 spiro atoms. The SMILES string of the molecule is Fc1ccc(-c2nc(-c3ccccn3)c(C3CCNCC3)o2)cc1. The first kappa shape index (κ1) is 15.0. The van der Waals surface area contributed by atoms with Crippen LogP contribution < -0.4 is 5.32 Å². The molecule has 5 heteroatoms. The lowest BCUT2D eigenvalue weighted by atomic mass is 9.93. The van der Waals surface area contributed by atoms with Crippen LogP contribution in [0.3, 0.4) is 0 Å². The Balaban J connectivity index is 1.79. The highest BCUT2D eigenvalue weighted by Gasteiger charge is 2.26. The largest absolute Gasteiger partial charge is 0.440 e. The van der Waals surface area contributed by atoms with Crippen molar-refractivity contribution in [2.75, 3.05) is 13.1 Å². The van der Waals surface area contributed by atoms with Gasteiger partial charge in [-0.2, -0.15) is 0 Å². The van der Waals surface area contributed by atoms with Gasteiger partial charge in [0.1, 0.15) is 17.3 Å². The smallest absolute Gasteiger partial charge is 0.226 e. The van der Waals surface area contributed by atoms with Crippen LogP contribution in [-0.4, -0.2) is 23.1 Å². The molecule has 0 radical (unpaired) electrons. The van der Waals surface area contributed by atoms with Gasteiger partial charge in [-0.3, -0.25) is 4.98 Å². The number of hydrogen-bond acceptors (Lipinski definition) is 4. The molecule has 1 fully saturated rings. The minimum Gasteiger partial charge on any atom is -0.440 e. The third-order valence-electron chi connectivity index (χ3n) is 4.36. The first-order valence-corrected chi connectivity index (χ1v) is 8.20. The Kier molecular flexibility index (Phi) is 4.09. The van der Waals surface area contributed by atoms with Crippen LogP contribution in [0.25, 0.3) is 22.8 Å². The van der Waals surface area contributed by atoms with Gasteiger partial charge in [0.2, 0.25) is 5.89 Å².